The summed E-state index contributed by atoms with van der Waals surface area (Å²) in [6, 6.07) is 6.42. The highest BCUT2D eigenvalue weighted by atomic mass is 35.5. The minimum Gasteiger partial charge on any atom is -0.315 e. The van der Waals surface area contributed by atoms with Crippen LogP contribution in [0.1, 0.15) is 18.4 Å². The number of nitrogens with zero attached hydrogens (tertiary/aromatic N) is 1. The molecule has 0 bridgehead atoms. The monoisotopic (exact) mass is 272 g/mol. The maximum Gasteiger partial charge on any atom is 0.0637 e. The highest BCUT2D eigenvalue weighted by Crippen LogP contribution is 2.27. The summed E-state index contributed by atoms with van der Waals surface area (Å²) in [5.41, 5.74) is 1.10. The summed E-state index contributed by atoms with van der Waals surface area (Å²) in [5.74, 6) is 0. The predicted octanol–water partition coefficient (Wildman–Crippen LogP) is 3.18. The lowest BCUT2D eigenvalue weighted by Crippen LogP contribution is -2.43. The van der Waals surface area contributed by atoms with Crippen molar-refractivity contribution < 1.29 is 0 Å². The van der Waals surface area contributed by atoms with Gasteiger partial charge in [-0.2, -0.15) is 0 Å². The van der Waals surface area contributed by atoms with Crippen molar-refractivity contribution in [3.63, 3.8) is 0 Å². The Balaban J connectivity index is 2.01. The summed E-state index contributed by atoms with van der Waals surface area (Å²) in [7, 11) is 2.15. The topological polar surface area (TPSA) is 15.3 Å². The van der Waals surface area contributed by atoms with Gasteiger partial charge in [-0.3, -0.25) is 4.90 Å². The van der Waals surface area contributed by atoms with E-state index in [0.717, 1.165) is 25.2 Å². The van der Waals surface area contributed by atoms with Crippen molar-refractivity contribution in [3.05, 3.63) is 33.8 Å². The molecule has 0 spiro atoms. The van der Waals surface area contributed by atoms with Crippen molar-refractivity contribution in [1.82, 2.24) is 10.2 Å². The Hall–Kier alpha value is -0.280. The molecule has 1 aromatic rings. The van der Waals surface area contributed by atoms with E-state index < -0.39 is 0 Å². The molecule has 2 nitrogen and oxygen atoms in total. The second-order valence-electron chi connectivity index (χ2n) is 4.63. The number of benzene rings is 1. The van der Waals surface area contributed by atoms with Gasteiger partial charge in [0.15, 0.2) is 0 Å². The highest BCUT2D eigenvalue weighted by molar-refractivity contribution is 6.42. The minimum atomic E-state index is 0.596. The fourth-order valence-corrected chi connectivity index (χ4v) is 2.66. The molecule has 0 radical (unpaired) electrons. The van der Waals surface area contributed by atoms with Gasteiger partial charge >= 0.3 is 0 Å². The first-order valence-electron chi connectivity index (χ1n) is 6.02. The van der Waals surface area contributed by atoms with Crippen LogP contribution in [0.15, 0.2) is 18.2 Å². The molecule has 1 heterocycles. The number of piperidine rings is 1. The molecule has 4 heteroatoms. The van der Waals surface area contributed by atoms with E-state index in [-0.39, 0.29) is 0 Å². The first-order valence-corrected chi connectivity index (χ1v) is 6.78. The van der Waals surface area contributed by atoms with E-state index >= 15 is 0 Å². The first kappa shape index (κ1) is 13.2. The van der Waals surface area contributed by atoms with E-state index in [9.17, 15) is 0 Å². The second-order valence-corrected chi connectivity index (χ2v) is 5.41. The Kier molecular flexibility index (Phi) is 4.69. The zero-order valence-electron chi connectivity index (χ0n) is 10.0. The number of rotatable bonds is 3. The molecule has 0 saturated carbocycles. The zero-order chi connectivity index (χ0) is 12.3. The molecule has 1 N–H and O–H groups in total. The van der Waals surface area contributed by atoms with Gasteiger partial charge in [0.1, 0.15) is 0 Å². The highest BCUT2D eigenvalue weighted by Gasteiger charge is 2.18. The van der Waals surface area contributed by atoms with Gasteiger partial charge in [-0.15, -0.1) is 0 Å². The maximum atomic E-state index is 6.20. The van der Waals surface area contributed by atoms with Crippen molar-refractivity contribution in [2.45, 2.75) is 25.4 Å². The van der Waals surface area contributed by atoms with Crippen LogP contribution < -0.4 is 5.32 Å². The van der Waals surface area contributed by atoms with Crippen molar-refractivity contribution in [1.29, 1.82) is 0 Å². The van der Waals surface area contributed by atoms with Crippen LogP contribution in [0, 0.1) is 0 Å². The third kappa shape index (κ3) is 3.35. The third-order valence-electron chi connectivity index (χ3n) is 3.35. The van der Waals surface area contributed by atoms with E-state index in [4.69, 9.17) is 23.2 Å². The Morgan fingerprint density at radius 3 is 2.94 bits per heavy atom. The molecule has 1 unspecified atom stereocenters. The molecule has 1 fully saturated rings. The summed E-state index contributed by atoms with van der Waals surface area (Å²) < 4.78 is 0. The standard InChI is InChI=1S/C13H18Cl2N2/c1-17(11-5-3-7-16-8-11)9-10-4-2-6-12(14)13(10)15/h2,4,6,11,16H,3,5,7-9H2,1H3. The SMILES string of the molecule is CN(Cc1cccc(Cl)c1Cl)C1CCCNC1. The lowest BCUT2D eigenvalue weighted by Gasteiger charge is -2.31. The summed E-state index contributed by atoms with van der Waals surface area (Å²) in [6.07, 6.45) is 2.50. The van der Waals surface area contributed by atoms with Crippen LogP contribution in [-0.2, 0) is 6.54 Å². The molecule has 1 aliphatic rings. The Morgan fingerprint density at radius 1 is 1.41 bits per heavy atom. The number of halogens is 2. The molecule has 0 aromatic heterocycles. The van der Waals surface area contributed by atoms with Crippen LogP contribution in [0.2, 0.25) is 10.0 Å². The summed E-state index contributed by atoms with van der Waals surface area (Å²) in [4.78, 5) is 2.35. The molecular formula is C13H18Cl2N2. The molecule has 0 aliphatic carbocycles. The predicted molar refractivity (Wildman–Crippen MR) is 73.8 cm³/mol. The number of likely N-dealkylation sites (N-methyl/N-ethyl adjacent to an activating group) is 1. The first-order chi connectivity index (χ1) is 8.18. The van der Waals surface area contributed by atoms with Gasteiger partial charge in [-0.1, -0.05) is 35.3 Å². The molecule has 1 atom stereocenters. The van der Waals surface area contributed by atoms with Crippen molar-refractivity contribution in [3.8, 4) is 0 Å². The summed E-state index contributed by atoms with van der Waals surface area (Å²) in [5, 5.41) is 4.75. The molecule has 1 aliphatic heterocycles. The fraction of sp³-hybridized carbons (Fsp3) is 0.538. The summed E-state index contributed by atoms with van der Waals surface area (Å²) in [6.45, 7) is 3.06. The van der Waals surface area contributed by atoms with Crippen LogP contribution >= 0.6 is 23.2 Å². The average molecular weight is 273 g/mol. The third-order valence-corrected chi connectivity index (χ3v) is 4.20. The van der Waals surface area contributed by atoms with Crippen LogP contribution in [-0.4, -0.2) is 31.1 Å². The normalized spacial score (nSPS) is 20.8. The molecular weight excluding hydrogens is 255 g/mol. The van der Waals surface area contributed by atoms with Gasteiger partial charge in [-0.05, 0) is 38.1 Å². The van der Waals surface area contributed by atoms with Crippen molar-refractivity contribution in [2.24, 2.45) is 0 Å². The number of hydrogen-bond donors (Lipinski definition) is 1. The van der Waals surface area contributed by atoms with Crippen LogP contribution in [0.3, 0.4) is 0 Å². The van der Waals surface area contributed by atoms with E-state index in [1.807, 2.05) is 18.2 Å². The summed E-state index contributed by atoms with van der Waals surface area (Å²) >= 11 is 12.2. The van der Waals surface area contributed by atoms with Gasteiger partial charge in [0, 0.05) is 19.1 Å². The molecule has 94 valence electrons. The zero-order valence-corrected chi connectivity index (χ0v) is 11.6. The number of nitrogens with one attached hydrogen (secondary N) is 1. The van der Waals surface area contributed by atoms with E-state index in [0.29, 0.717) is 16.1 Å². The van der Waals surface area contributed by atoms with Crippen molar-refractivity contribution >= 4 is 23.2 Å². The van der Waals surface area contributed by atoms with Gasteiger partial charge in [0.25, 0.3) is 0 Å². The second kappa shape index (κ2) is 6.05. The smallest absolute Gasteiger partial charge is 0.0637 e. The van der Waals surface area contributed by atoms with Gasteiger partial charge < -0.3 is 5.32 Å². The van der Waals surface area contributed by atoms with Gasteiger partial charge in [0.2, 0.25) is 0 Å². The van der Waals surface area contributed by atoms with Crippen LogP contribution in [0.5, 0.6) is 0 Å². The molecule has 1 saturated heterocycles. The Bertz CT molecular complexity index is 376. The molecule has 17 heavy (non-hydrogen) atoms. The molecule has 2 rings (SSSR count). The van der Waals surface area contributed by atoms with Gasteiger partial charge in [-0.25, -0.2) is 0 Å². The van der Waals surface area contributed by atoms with E-state index in [2.05, 4.69) is 17.3 Å². The average Bonchev–Trinajstić information content (AvgIpc) is 2.36. The largest absolute Gasteiger partial charge is 0.315 e. The van der Waals surface area contributed by atoms with E-state index in [1.165, 1.54) is 12.8 Å². The van der Waals surface area contributed by atoms with Gasteiger partial charge in [0.05, 0.1) is 10.0 Å². The quantitative estimate of drug-likeness (QED) is 0.910. The Labute approximate surface area is 113 Å². The van der Waals surface area contributed by atoms with Crippen molar-refractivity contribution in [2.75, 3.05) is 20.1 Å². The minimum absolute atomic E-state index is 0.596. The molecule has 0 amide bonds. The van der Waals surface area contributed by atoms with Crippen LogP contribution in [0.4, 0.5) is 0 Å². The number of hydrogen-bond acceptors (Lipinski definition) is 2. The lowest BCUT2D eigenvalue weighted by molar-refractivity contribution is 0.196. The molecule has 1 aromatic carbocycles. The fourth-order valence-electron chi connectivity index (χ4n) is 2.28. The lowest BCUT2D eigenvalue weighted by atomic mass is 10.1. The van der Waals surface area contributed by atoms with Crippen LogP contribution in [0.25, 0.3) is 0 Å². The maximum absolute atomic E-state index is 6.20. The van der Waals surface area contributed by atoms with E-state index in [1.54, 1.807) is 0 Å². The Morgan fingerprint density at radius 2 is 2.24 bits per heavy atom.